The Hall–Kier alpha value is -2.46. The van der Waals surface area contributed by atoms with Gasteiger partial charge in [-0.05, 0) is 19.8 Å². The summed E-state index contributed by atoms with van der Waals surface area (Å²) in [6.45, 7) is 3.37. The normalized spacial score (nSPS) is 16.0. The van der Waals surface area contributed by atoms with Gasteiger partial charge in [0.25, 0.3) is 0 Å². The fourth-order valence-electron chi connectivity index (χ4n) is 2.75. The zero-order valence-corrected chi connectivity index (χ0v) is 16.4. The molecular formula is C18H28N4O6. The Morgan fingerprint density at radius 3 is 2.75 bits per heavy atom. The smallest absolute Gasteiger partial charge is 0.240 e. The molecule has 1 unspecified atom stereocenters. The topological polar surface area (TPSA) is 123 Å². The average molecular weight is 396 g/mol. The summed E-state index contributed by atoms with van der Waals surface area (Å²) in [5, 5.41) is 9.25. The van der Waals surface area contributed by atoms with Crippen LogP contribution in [0.25, 0.3) is 0 Å². The molecule has 0 saturated carbocycles. The first kappa shape index (κ1) is 21.8. The average Bonchev–Trinajstić information content (AvgIpc) is 3.34. The van der Waals surface area contributed by atoms with Gasteiger partial charge in [0.1, 0.15) is 12.3 Å². The molecule has 1 aliphatic rings. The molecule has 1 fully saturated rings. The number of carbonyl (C=O) groups is 3. The summed E-state index contributed by atoms with van der Waals surface area (Å²) in [5.41, 5.74) is 0. The summed E-state index contributed by atoms with van der Waals surface area (Å²) >= 11 is 0. The number of methoxy groups -OCH3 is 1. The first-order chi connectivity index (χ1) is 13.5. The van der Waals surface area contributed by atoms with Crippen molar-refractivity contribution < 1.29 is 28.4 Å². The molecule has 1 saturated heterocycles. The zero-order chi connectivity index (χ0) is 20.4. The quantitative estimate of drug-likeness (QED) is 0.511. The summed E-state index contributed by atoms with van der Waals surface area (Å²) in [7, 11) is 1.54. The van der Waals surface area contributed by atoms with Crippen LogP contribution in [0.15, 0.2) is 10.6 Å². The largest absolute Gasteiger partial charge is 0.383 e. The summed E-state index contributed by atoms with van der Waals surface area (Å²) in [6, 6.07) is 1.57. The summed E-state index contributed by atoms with van der Waals surface area (Å²) in [6.07, 6.45) is 1.86. The fourth-order valence-corrected chi connectivity index (χ4v) is 2.75. The maximum absolute atomic E-state index is 12.6. The third-order valence-electron chi connectivity index (χ3n) is 4.24. The van der Waals surface area contributed by atoms with E-state index in [1.165, 1.54) is 12.0 Å². The number of amides is 3. The van der Waals surface area contributed by atoms with Crippen molar-refractivity contribution in [2.24, 2.45) is 0 Å². The predicted octanol–water partition coefficient (Wildman–Crippen LogP) is 0.154. The van der Waals surface area contributed by atoms with Gasteiger partial charge in [-0.25, -0.2) is 0 Å². The lowest BCUT2D eigenvalue weighted by Gasteiger charge is -2.20. The second kappa shape index (κ2) is 11.4. The standard InChI is InChI=1S/C18H28N4O6/c1-13-10-15(21-28-13)22(12-17(24)20-11-14-4-3-8-27-14)18(25)6-5-16(23)19-7-9-26-2/h10,14H,3-9,11-12H2,1-2H3,(H,19,23)(H,20,24). The van der Waals surface area contributed by atoms with Gasteiger partial charge in [-0.1, -0.05) is 5.16 Å². The Morgan fingerprint density at radius 1 is 1.29 bits per heavy atom. The van der Waals surface area contributed by atoms with Gasteiger partial charge in [0.15, 0.2) is 5.82 Å². The first-order valence-corrected chi connectivity index (χ1v) is 9.37. The van der Waals surface area contributed by atoms with Gasteiger partial charge in [0.05, 0.1) is 12.7 Å². The highest BCUT2D eigenvalue weighted by Gasteiger charge is 2.24. The van der Waals surface area contributed by atoms with E-state index in [1.54, 1.807) is 13.0 Å². The molecule has 2 rings (SSSR count). The maximum Gasteiger partial charge on any atom is 0.240 e. The maximum atomic E-state index is 12.6. The van der Waals surface area contributed by atoms with E-state index in [1.807, 2.05) is 0 Å². The lowest BCUT2D eigenvalue weighted by Crippen LogP contribution is -2.43. The minimum Gasteiger partial charge on any atom is -0.383 e. The molecule has 0 spiro atoms. The van der Waals surface area contributed by atoms with Crippen LogP contribution in [0.2, 0.25) is 0 Å². The second-order valence-corrected chi connectivity index (χ2v) is 6.56. The Bertz CT molecular complexity index is 656. The number of hydrogen-bond acceptors (Lipinski definition) is 7. The molecule has 2 N–H and O–H groups in total. The lowest BCUT2D eigenvalue weighted by molar-refractivity contribution is -0.126. The van der Waals surface area contributed by atoms with Gasteiger partial charge in [0.2, 0.25) is 17.7 Å². The molecule has 2 heterocycles. The molecule has 1 aliphatic heterocycles. The monoisotopic (exact) mass is 396 g/mol. The second-order valence-electron chi connectivity index (χ2n) is 6.56. The Balaban J connectivity index is 1.88. The van der Waals surface area contributed by atoms with Crippen molar-refractivity contribution in [1.29, 1.82) is 0 Å². The highest BCUT2D eigenvalue weighted by molar-refractivity contribution is 5.99. The molecular weight excluding hydrogens is 368 g/mol. The molecule has 10 heteroatoms. The van der Waals surface area contributed by atoms with E-state index in [9.17, 15) is 14.4 Å². The van der Waals surface area contributed by atoms with E-state index in [0.717, 1.165) is 12.8 Å². The molecule has 10 nitrogen and oxygen atoms in total. The van der Waals surface area contributed by atoms with Gasteiger partial charge in [0, 0.05) is 45.7 Å². The van der Waals surface area contributed by atoms with Crippen molar-refractivity contribution in [3.63, 3.8) is 0 Å². The number of hydrogen-bond donors (Lipinski definition) is 2. The highest BCUT2D eigenvalue weighted by Crippen LogP contribution is 2.16. The van der Waals surface area contributed by atoms with Crippen LogP contribution in [0.3, 0.4) is 0 Å². The Labute approximate surface area is 163 Å². The predicted molar refractivity (Wildman–Crippen MR) is 99.7 cm³/mol. The third-order valence-corrected chi connectivity index (χ3v) is 4.24. The van der Waals surface area contributed by atoms with E-state index in [-0.39, 0.29) is 49.0 Å². The highest BCUT2D eigenvalue weighted by atomic mass is 16.5. The van der Waals surface area contributed by atoms with Crippen molar-refractivity contribution in [2.45, 2.75) is 38.7 Å². The number of aryl methyl sites for hydroxylation is 1. The van der Waals surface area contributed by atoms with Crippen molar-refractivity contribution in [1.82, 2.24) is 15.8 Å². The van der Waals surface area contributed by atoms with Gasteiger partial charge >= 0.3 is 0 Å². The molecule has 3 amide bonds. The van der Waals surface area contributed by atoms with Gasteiger partial charge in [-0.2, -0.15) is 0 Å². The van der Waals surface area contributed by atoms with E-state index >= 15 is 0 Å². The number of nitrogens with one attached hydrogen (secondary N) is 2. The number of ether oxygens (including phenoxy) is 2. The van der Waals surface area contributed by atoms with Crippen LogP contribution in [-0.2, 0) is 23.9 Å². The van der Waals surface area contributed by atoms with E-state index in [4.69, 9.17) is 14.0 Å². The molecule has 0 radical (unpaired) electrons. The molecule has 0 aromatic carbocycles. The lowest BCUT2D eigenvalue weighted by atomic mass is 10.2. The number of nitrogens with zero attached hydrogens (tertiary/aromatic N) is 2. The fraction of sp³-hybridized carbons (Fsp3) is 0.667. The van der Waals surface area contributed by atoms with Crippen LogP contribution >= 0.6 is 0 Å². The minimum absolute atomic E-state index is 0.00736. The number of carbonyl (C=O) groups excluding carboxylic acids is 3. The first-order valence-electron chi connectivity index (χ1n) is 9.37. The van der Waals surface area contributed by atoms with Crippen LogP contribution in [0.5, 0.6) is 0 Å². The van der Waals surface area contributed by atoms with Crippen molar-refractivity contribution in [2.75, 3.05) is 44.9 Å². The van der Waals surface area contributed by atoms with Crippen LogP contribution in [-0.4, -0.2) is 68.9 Å². The molecule has 0 bridgehead atoms. The van der Waals surface area contributed by atoms with Gasteiger partial charge in [-0.3, -0.25) is 19.3 Å². The SMILES string of the molecule is COCCNC(=O)CCC(=O)N(CC(=O)NCC1CCCO1)c1cc(C)on1. The number of rotatable bonds is 11. The zero-order valence-electron chi connectivity index (χ0n) is 16.4. The minimum atomic E-state index is -0.387. The van der Waals surface area contributed by atoms with Crippen LogP contribution < -0.4 is 15.5 Å². The van der Waals surface area contributed by atoms with E-state index < -0.39 is 0 Å². The van der Waals surface area contributed by atoms with Crippen molar-refractivity contribution in [3.8, 4) is 0 Å². The van der Waals surface area contributed by atoms with Gasteiger partial charge < -0.3 is 24.6 Å². The summed E-state index contributed by atoms with van der Waals surface area (Å²) in [4.78, 5) is 37.9. The third kappa shape index (κ3) is 7.28. The summed E-state index contributed by atoms with van der Waals surface area (Å²) < 4.78 is 15.4. The van der Waals surface area contributed by atoms with Gasteiger partial charge in [-0.15, -0.1) is 0 Å². The van der Waals surface area contributed by atoms with Crippen molar-refractivity contribution >= 4 is 23.5 Å². The molecule has 28 heavy (non-hydrogen) atoms. The summed E-state index contributed by atoms with van der Waals surface area (Å²) in [5.74, 6) is -0.208. The van der Waals surface area contributed by atoms with Crippen LogP contribution in [0.4, 0.5) is 5.82 Å². The van der Waals surface area contributed by atoms with E-state index in [2.05, 4.69) is 15.8 Å². The van der Waals surface area contributed by atoms with Crippen LogP contribution in [0.1, 0.15) is 31.4 Å². The number of anilines is 1. The molecule has 1 aromatic heterocycles. The molecule has 1 atom stereocenters. The molecule has 0 aliphatic carbocycles. The molecule has 156 valence electrons. The molecule has 1 aromatic rings. The van der Waals surface area contributed by atoms with Crippen molar-refractivity contribution in [3.05, 3.63) is 11.8 Å². The Morgan fingerprint density at radius 2 is 2.11 bits per heavy atom. The Kier molecular flexibility index (Phi) is 8.89. The number of aromatic nitrogens is 1. The van der Waals surface area contributed by atoms with Crippen LogP contribution in [0, 0.1) is 6.92 Å². The van der Waals surface area contributed by atoms with E-state index in [0.29, 0.717) is 32.1 Å².